The Labute approximate surface area is 134 Å². The lowest BCUT2D eigenvalue weighted by Crippen LogP contribution is -2.20. The van der Waals surface area contributed by atoms with Gasteiger partial charge in [0.2, 0.25) is 0 Å². The number of amides is 2. The summed E-state index contributed by atoms with van der Waals surface area (Å²) in [6.07, 6.45) is -1.79. The molecule has 0 unspecified atom stereocenters. The molecule has 1 aromatic carbocycles. The van der Waals surface area contributed by atoms with Crippen LogP contribution in [-0.2, 0) is 17.5 Å². The zero-order chi connectivity index (χ0) is 17.7. The Morgan fingerprint density at radius 1 is 1.33 bits per heavy atom. The summed E-state index contributed by atoms with van der Waals surface area (Å²) in [5.74, 6) is -0.978. The second kappa shape index (κ2) is 7.30. The molecule has 2 amide bonds. The van der Waals surface area contributed by atoms with E-state index in [4.69, 9.17) is 4.74 Å². The standard InChI is InChI=1S/C14H14F4N4O2/c1-24-5-4-22-8-10(7-19-22)20-13(23)21-12-6-9(14(16,17)18)2-3-11(12)15/h2-3,6-8H,4-5H2,1H3,(H2,20,21,23). The van der Waals surface area contributed by atoms with Gasteiger partial charge in [-0.2, -0.15) is 18.3 Å². The third-order valence-electron chi connectivity index (χ3n) is 2.96. The topological polar surface area (TPSA) is 68.2 Å². The number of rotatable bonds is 5. The quantitative estimate of drug-likeness (QED) is 0.816. The summed E-state index contributed by atoms with van der Waals surface area (Å²) in [4.78, 5) is 11.8. The van der Waals surface area contributed by atoms with E-state index in [-0.39, 0.29) is 0 Å². The maximum atomic E-state index is 13.6. The second-order valence-electron chi connectivity index (χ2n) is 4.76. The van der Waals surface area contributed by atoms with E-state index >= 15 is 0 Å². The van der Waals surface area contributed by atoms with Crippen molar-refractivity contribution in [3.05, 3.63) is 42.0 Å². The van der Waals surface area contributed by atoms with E-state index in [9.17, 15) is 22.4 Å². The largest absolute Gasteiger partial charge is 0.416 e. The minimum Gasteiger partial charge on any atom is -0.383 e. The normalized spacial score (nSPS) is 11.4. The lowest BCUT2D eigenvalue weighted by atomic mass is 10.2. The van der Waals surface area contributed by atoms with Gasteiger partial charge < -0.3 is 15.4 Å². The fourth-order valence-corrected chi connectivity index (χ4v) is 1.82. The fourth-order valence-electron chi connectivity index (χ4n) is 1.82. The van der Waals surface area contributed by atoms with Gasteiger partial charge in [0.25, 0.3) is 0 Å². The van der Waals surface area contributed by atoms with E-state index in [1.807, 2.05) is 5.32 Å². The number of ether oxygens (including phenoxy) is 1. The molecule has 130 valence electrons. The number of nitrogens with zero attached hydrogens (tertiary/aromatic N) is 2. The third kappa shape index (κ3) is 4.69. The number of carbonyl (C=O) groups is 1. The first-order valence-electron chi connectivity index (χ1n) is 6.75. The molecule has 6 nitrogen and oxygen atoms in total. The maximum absolute atomic E-state index is 13.6. The molecule has 0 saturated carbocycles. The number of anilines is 2. The zero-order valence-electron chi connectivity index (χ0n) is 12.5. The smallest absolute Gasteiger partial charge is 0.383 e. The zero-order valence-corrected chi connectivity index (χ0v) is 12.5. The van der Waals surface area contributed by atoms with E-state index < -0.39 is 29.3 Å². The van der Waals surface area contributed by atoms with E-state index in [0.717, 1.165) is 0 Å². The van der Waals surface area contributed by atoms with Gasteiger partial charge in [0.1, 0.15) is 5.82 Å². The Kier molecular flexibility index (Phi) is 5.39. The van der Waals surface area contributed by atoms with Crippen LogP contribution in [0.1, 0.15) is 5.56 Å². The van der Waals surface area contributed by atoms with Crippen LogP contribution in [0.3, 0.4) is 0 Å². The number of carbonyl (C=O) groups excluding carboxylic acids is 1. The van der Waals surface area contributed by atoms with Crippen LogP contribution in [0.2, 0.25) is 0 Å². The second-order valence-corrected chi connectivity index (χ2v) is 4.76. The summed E-state index contributed by atoms with van der Waals surface area (Å²) in [5.41, 5.74) is -1.34. The number of hydrogen-bond acceptors (Lipinski definition) is 3. The van der Waals surface area contributed by atoms with Gasteiger partial charge in [0, 0.05) is 13.3 Å². The number of nitrogens with one attached hydrogen (secondary N) is 2. The summed E-state index contributed by atoms with van der Waals surface area (Å²) in [7, 11) is 1.53. The van der Waals surface area contributed by atoms with Gasteiger partial charge in [-0.25, -0.2) is 9.18 Å². The van der Waals surface area contributed by atoms with Crippen LogP contribution < -0.4 is 10.6 Å². The van der Waals surface area contributed by atoms with E-state index in [1.54, 1.807) is 0 Å². The molecule has 0 aliphatic rings. The Morgan fingerprint density at radius 2 is 2.08 bits per heavy atom. The Hall–Kier alpha value is -2.62. The molecule has 1 aromatic heterocycles. The summed E-state index contributed by atoms with van der Waals surface area (Å²) >= 11 is 0. The van der Waals surface area contributed by atoms with Crippen LogP contribution in [-0.4, -0.2) is 29.5 Å². The van der Waals surface area contributed by atoms with Crippen molar-refractivity contribution >= 4 is 17.4 Å². The van der Waals surface area contributed by atoms with Crippen LogP contribution in [0.4, 0.5) is 33.7 Å². The molecule has 0 fully saturated rings. The third-order valence-corrected chi connectivity index (χ3v) is 2.96. The van der Waals surface area contributed by atoms with Crippen molar-refractivity contribution in [3.8, 4) is 0 Å². The van der Waals surface area contributed by atoms with E-state index in [1.165, 1.54) is 24.2 Å². The molecule has 0 saturated heterocycles. The lowest BCUT2D eigenvalue weighted by molar-refractivity contribution is -0.137. The predicted octanol–water partition coefficient (Wildman–Crippen LogP) is 3.33. The average Bonchev–Trinajstić information content (AvgIpc) is 2.93. The number of alkyl halides is 3. The van der Waals surface area contributed by atoms with Crippen molar-refractivity contribution in [1.82, 2.24) is 9.78 Å². The maximum Gasteiger partial charge on any atom is 0.416 e. The fraction of sp³-hybridized carbons (Fsp3) is 0.286. The molecule has 2 aromatic rings. The van der Waals surface area contributed by atoms with Gasteiger partial charge in [-0.05, 0) is 18.2 Å². The minimum absolute atomic E-state index is 0.302. The van der Waals surface area contributed by atoms with Crippen molar-refractivity contribution in [1.29, 1.82) is 0 Å². The Balaban J connectivity index is 2.03. The van der Waals surface area contributed by atoms with Crippen LogP contribution in [0.15, 0.2) is 30.6 Å². The molecule has 2 N–H and O–H groups in total. The molecule has 0 radical (unpaired) electrons. The number of benzene rings is 1. The van der Waals surface area contributed by atoms with Gasteiger partial charge in [0.05, 0.1) is 36.3 Å². The van der Waals surface area contributed by atoms with E-state index in [0.29, 0.717) is 37.0 Å². The van der Waals surface area contributed by atoms with Crippen molar-refractivity contribution in [2.24, 2.45) is 0 Å². The SMILES string of the molecule is COCCn1cc(NC(=O)Nc2cc(C(F)(F)F)ccc2F)cn1. The minimum atomic E-state index is -4.64. The van der Waals surface area contributed by atoms with Crippen LogP contribution in [0, 0.1) is 5.82 Å². The number of halogens is 4. The first kappa shape index (κ1) is 17.7. The van der Waals surface area contributed by atoms with Gasteiger partial charge >= 0.3 is 12.2 Å². The highest BCUT2D eigenvalue weighted by Gasteiger charge is 2.31. The number of methoxy groups -OCH3 is 1. The summed E-state index contributed by atoms with van der Waals surface area (Å²) in [6, 6.07) is 0.871. The molecule has 0 spiro atoms. The Morgan fingerprint density at radius 3 is 2.75 bits per heavy atom. The monoisotopic (exact) mass is 346 g/mol. The van der Waals surface area contributed by atoms with Crippen LogP contribution >= 0.6 is 0 Å². The predicted molar refractivity (Wildman–Crippen MR) is 78.1 cm³/mol. The molecule has 0 bridgehead atoms. The molecule has 2 rings (SSSR count). The molecular formula is C14H14F4N4O2. The van der Waals surface area contributed by atoms with Gasteiger partial charge in [-0.15, -0.1) is 0 Å². The lowest BCUT2D eigenvalue weighted by Gasteiger charge is -2.11. The highest BCUT2D eigenvalue weighted by Crippen LogP contribution is 2.31. The van der Waals surface area contributed by atoms with E-state index in [2.05, 4.69) is 10.4 Å². The van der Waals surface area contributed by atoms with Crippen molar-refractivity contribution < 1.29 is 27.1 Å². The summed E-state index contributed by atoms with van der Waals surface area (Å²) in [5, 5.41) is 8.34. The highest BCUT2D eigenvalue weighted by molar-refractivity contribution is 5.99. The number of aromatic nitrogens is 2. The first-order chi connectivity index (χ1) is 11.3. The summed E-state index contributed by atoms with van der Waals surface area (Å²) < 4.78 is 57.8. The molecule has 0 aliphatic carbocycles. The summed E-state index contributed by atoms with van der Waals surface area (Å²) in [6.45, 7) is 0.880. The molecule has 1 heterocycles. The molecule has 0 aliphatic heterocycles. The van der Waals surface area contributed by atoms with Crippen LogP contribution in [0.5, 0.6) is 0 Å². The van der Waals surface area contributed by atoms with Crippen molar-refractivity contribution in [2.75, 3.05) is 24.4 Å². The van der Waals surface area contributed by atoms with Gasteiger partial charge in [-0.3, -0.25) is 4.68 Å². The van der Waals surface area contributed by atoms with Crippen molar-refractivity contribution in [2.45, 2.75) is 12.7 Å². The molecule has 0 atom stereocenters. The van der Waals surface area contributed by atoms with Gasteiger partial charge in [-0.1, -0.05) is 0 Å². The molecule has 10 heteroatoms. The first-order valence-corrected chi connectivity index (χ1v) is 6.75. The number of urea groups is 1. The Bertz CT molecular complexity index is 715. The average molecular weight is 346 g/mol. The van der Waals surface area contributed by atoms with Crippen molar-refractivity contribution in [3.63, 3.8) is 0 Å². The van der Waals surface area contributed by atoms with Crippen LogP contribution in [0.25, 0.3) is 0 Å². The van der Waals surface area contributed by atoms with Gasteiger partial charge in [0.15, 0.2) is 0 Å². The number of hydrogen-bond donors (Lipinski definition) is 2. The highest BCUT2D eigenvalue weighted by atomic mass is 19.4. The molecule has 24 heavy (non-hydrogen) atoms. The molecular weight excluding hydrogens is 332 g/mol.